The number of hydrogen-bond acceptors (Lipinski definition) is 15. The van der Waals surface area contributed by atoms with Gasteiger partial charge in [-0.15, -0.1) is 0 Å². The summed E-state index contributed by atoms with van der Waals surface area (Å²) in [5, 5.41) is 10.7. The Bertz CT molecular complexity index is 2150. The molecule has 0 saturated heterocycles. The molecule has 0 heterocycles. The van der Waals surface area contributed by atoms with Gasteiger partial charge in [0, 0.05) is 25.7 Å². The van der Waals surface area contributed by atoms with E-state index in [1.807, 2.05) is 0 Å². The molecular formula is C95H186O17P2. The minimum Gasteiger partial charge on any atom is -0.462 e. The van der Waals surface area contributed by atoms with Crippen molar-refractivity contribution in [2.45, 2.75) is 541 Å². The van der Waals surface area contributed by atoms with Crippen molar-refractivity contribution in [1.82, 2.24) is 0 Å². The lowest BCUT2D eigenvalue weighted by atomic mass is 10.0. The minimum absolute atomic E-state index is 0.110. The molecule has 3 N–H and O–H groups in total. The topological polar surface area (TPSA) is 237 Å². The molecule has 0 saturated carbocycles. The molecule has 19 heteroatoms. The maximum Gasteiger partial charge on any atom is 0.472 e. The first kappa shape index (κ1) is 112. The number of phosphoric acid groups is 2. The summed E-state index contributed by atoms with van der Waals surface area (Å²) < 4.78 is 69.2. The highest BCUT2D eigenvalue weighted by atomic mass is 31.2. The number of ether oxygens (including phenoxy) is 4. The number of hydrogen-bond donors (Lipinski definition) is 3. The summed E-state index contributed by atoms with van der Waals surface area (Å²) in [5.41, 5.74) is 0. The van der Waals surface area contributed by atoms with Crippen LogP contribution in [0.15, 0.2) is 0 Å². The number of aliphatic hydroxyl groups excluding tert-OH is 1. The molecule has 0 radical (unpaired) electrons. The molecule has 0 aromatic carbocycles. The number of carbonyl (C=O) groups is 4. The van der Waals surface area contributed by atoms with Gasteiger partial charge in [0.25, 0.3) is 0 Å². The highest BCUT2D eigenvalue weighted by molar-refractivity contribution is 7.47. The quantitative estimate of drug-likeness (QED) is 0.0222. The van der Waals surface area contributed by atoms with E-state index in [9.17, 15) is 43.2 Å². The molecule has 0 aliphatic heterocycles. The lowest BCUT2D eigenvalue weighted by Crippen LogP contribution is -2.30. The van der Waals surface area contributed by atoms with Crippen molar-refractivity contribution in [2.24, 2.45) is 5.92 Å². The summed E-state index contributed by atoms with van der Waals surface area (Å²) in [6.07, 6.45) is 84.8. The zero-order chi connectivity index (χ0) is 83.3. The van der Waals surface area contributed by atoms with Crippen LogP contribution in [0.25, 0.3) is 0 Å². The van der Waals surface area contributed by atoms with Gasteiger partial charge in [-0.05, 0) is 31.6 Å². The summed E-state index contributed by atoms with van der Waals surface area (Å²) in [5.74, 6) is -1.26. The van der Waals surface area contributed by atoms with Gasteiger partial charge in [-0.25, -0.2) is 9.13 Å². The summed E-state index contributed by atoms with van der Waals surface area (Å²) in [6, 6.07) is 0. The molecule has 114 heavy (non-hydrogen) atoms. The maximum atomic E-state index is 13.2. The zero-order valence-electron chi connectivity index (χ0n) is 75.2. The fourth-order valence-electron chi connectivity index (χ4n) is 15.1. The molecule has 0 amide bonds. The van der Waals surface area contributed by atoms with Crippen molar-refractivity contribution < 1.29 is 80.2 Å². The molecule has 2 unspecified atom stereocenters. The van der Waals surface area contributed by atoms with Crippen LogP contribution in [0.1, 0.15) is 523 Å². The standard InChI is InChI=1S/C95H186O17P2/c1-6-9-12-15-18-21-24-27-29-31-33-34-35-36-42-46-51-56-61-66-71-76-81-95(100)112-91(85-106-93(98)79-74-69-64-59-54-49-44-41-38-37-39-43-48-52-57-62-67-72-77-88(4)5)87-110-114(103,104)108-83-89(96)82-107-113(101,102)109-86-90(84-105-92(97)78-73-68-63-58-53-47-26-23-20-17-14-11-8-3)111-94(99)80-75-70-65-60-55-50-45-40-32-30-28-25-22-19-16-13-10-7-2/h88-91,96H,6-87H2,1-5H3,(H,101,102)(H,103,104)/t89-,90+,91+/m0/s1. The van der Waals surface area contributed by atoms with Crippen molar-refractivity contribution in [3.63, 3.8) is 0 Å². The van der Waals surface area contributed by atoms with E-state index in [0.717, 1.165) is 95.8 Å². The predicted molar refractivity (Wildman–Crippen MR) is 474 cm³/mol. The van der Waals surface area contributed by atoms with Crippen LogP contribution in [-0.4, -0.2) is 96.7 Å². The van der Waals surface area contributed by atoms with E-state index in [2.05, 4.69) is 34.6 Å². The predicted octanol–water partition coefficient (Wildman–Crippen LogP) is 29.9. The molecule has 678 valence electrons. The molecule has 0 aliphatic rings. The third-order valence-electron chi connectivity index (χ3n) is 22.5. The Morgan fingerprint density at radius 1 is 0.237 bits per heavy atom. The van der Waals surface area contributed by atoms with E-state index in [-0.39, 0.29) is 25.7 Å². The van der Waals surface area contributed by atoms with Gasteiger partial charge in [-0.3, -0.25) is 37.3 Å². The number of aliphatic hydroxyl groups is 1. The Morgan fingerprint density at radius 3 is 0.596 bits per heavy atom. The zero-order valence-corrected chi connectivity index (χ0v) is 77.0. The number of carbonyl (C=O) groups excluding carboxylic acids is 4. The average molecular weight is 1660 g/mol. The summed E-state index contributed by atoms with van der Waals surface area (Å²) >= 11 is 0. The second kappa shape index (κ2) is 87.4. The molecule has 0 rings (SSSR count). The highest BCUT2D eigenvalue weighted by Crippen LogP contribution is 2.45. The van der Waals surface area contributed by atoms with Crippen molar-refractivity contribution in [2.75, 3.05) is 39.6 Å². The van der Waals surface area contributed by atoms with Crippen LogP contribution < -0.4 is 0 Å². The molecule has 0 aromatic rings. The average Bonchev–Trinajstić information content (AvgIpc) is 0.899. The Morgan fingerprint density at radius 2 is 0.404 bits per heavy atom. The van der Waals surface area contributed by atoms with Gasteiger partial charge in [0.1, 0.15) is 19.3 Å². The van der Waals surface area contributed by atoms with Crippen LogP contribution in [0, 0.1) is 5.92 Å². The number of esters is 4. The molecular weight excluding hydrogens is 1470 g/mol. The van der Waals surface area contributed by atoms with E-state index < -0.39 is 97.5 Å². The van der Waals surface area contributed by atoms with Crippen LogP contribution in [0.4, 0.5) is 0 Å². The summed E-state index contributed by atoms with van der Waals surface area (Å²) in [7, 11) is -9.94. The first-order valence-corrected chi connectivity index (χ1v) is 52.1. The smallest absolute Gasteiger partial charge is 0.462 e. The molecule has 0 aliphatic carbocycles. The lowest BCUT2D eigenvalue weighted by molar-refractivity contribution is -0.161. The fraction of sp³-hybridized carbons (Fsp3) is 0.958. The Balaban J connectivity index is 5.25. The normalized spacial score (nSPS) is 13.6. The monoisotopic (exact) mass is 1660 g/mol. The minimum atomic E-state index is -4.97. The van der Waals surface area contributed by atoms with Gasteiger partial charge in [0.2, 0.25) is 0 Å². The van der Waals surface area contributed by atoms with E-state index in [1.165, 1.54) is 347 Å². The number of unbranched alkanes of at least 4 members (excludes halogenated alkanes) is 67. The second-order valence-electron chi connectivity index (χ2n) is 34.6. The summed E-state index contributed by atoms with van der Waals surface area (Å²) in [6.45, 7) is 7.46. The van der Waals surface area contributed by atoms with Gasteiger partial charge in [-0.1, -0.05) is 471 Å². The lowest BCUT2D eigenvalue weighted by Gasteiger charge is -2.21. The third kappa shape index (κ3) is 87.9. The van der Waals surface area contributed by atoms with Gasteiger partial charge in [0.05, 0.1) is 26.4 Å². The van der Waals surface area contributed by atoms with Gasteiger partial charge < -0.3 is 33.8 Å². The van der Waals surface area contributed by atoms with Gasteiger partial charge in [0.15, 0.2) is 12.2 Å². The Hall–Kier alpha value is -1.94. The molecule has 5 atom stereocenters. The van der Waals surface area contributed by atoms with Crippen molar-refractivity contribution in [3.05, 3.63) is 0 Å². The number of phosphoric ester groups is 2. The fourth-order valence-corrected chi connectivity index (χ4v) is 16.6. The van der Waals surface area contributed by atoms with Crippen LogP contribution in [0.5, 0.6) is 0 Å². The Labute approximate surface area is 702 Å². The SMILES string of the molecule is CCCCCCCCCCCCCCCCCCCCCCCCC(=O)O[C@H](COC(=O)CCCCCCCCCCCCCCCCCCCCC(C)C)COP(=O)(O)OC[C@@H](O)COP(=O)(O)OC[C@@H](COC(=O)CCCCCCCCCCCCCCC)OC(=O)CCCCCCCCCCCCCCCCCCCC. The third-order valence-corrected chi connectivity index (χ3v) is 24.4. The molecule has 0 aromatic heterocycles. The maximum absolute atomic E-state index is 13.2. The van der Waals surface area contributed by atoms with Crippen LogP contribution in [-0.2, 0) is 65.4 Å². The van der Waals surface area contributed by atoms with Crippen LogP contribution in [0.2, 0.25) is 0 Å². The first-order valence-electron chi connectivity index (χ1n) is 49.1. The van der Waals surface area contributed by atoms with E-state index >= 15 is 0 Å². The van der Waals surface area contributed by atoms with E-state index in [1.54, 1.807) is 0 Å². The molecule has 0 bridgehead atoms. The van der Waals surface area contributed by atoms with Gasteiger partial charge in [-0.2, -0.15) is 0 Å². The summed E-state index contributed by atoms with van der Waals surface area (Å²) in [4.78, 5) is 73.6. The highest BCUT2D eigenvalue weighted by Gasteiger charge is 2.31. The molecule has 0 spiro atoms. The Kier molecular flexibility index (Phi) is 85.9. The molecule has 0 fully saturated rings. The van der Waals surface area contributed by atoms with Gasteiger partial charge >= 0.3 is 39.5 Å². The second-order valence-corrected chi connectivity index (χ2v) is 37.5. The largest absolute Gasteiger partial charge is 0.472 e. The van der Waals surface area contributed by atoms with Crippen molar-refractivity contribution in [1.29, 1.82) is 0 Å². The van der Waals surface area contributed by atoms with Crippen LogP contribution in [0.3, 0.4) is 0 Å². The first-order chi connectivity index (χ1) is 55.5. The van der Waals surface area contributed by atoms with Crippen molar-refractivity contribution >= 4 is 39.5 Å². The number of rotatable bonds is 95. The molecule has 17 nitrogen and oxygen atoms in total. The van der Waals surface area contributed by atoms with E-state index in [4.69, 9.17) is 37.0 Å². The van der Waals surface area contributed by atoms with E-state index in [0.29, 0.717) is 25.7 Å². The van der Waals surface area contributed by atoms with Crippen LogP contribution >= 0.6 is 15.6 Å². The van der Waals surface area contributed by atoms with Crippen molar-refractivity contribution in [3.8, 4) is 0 Å².